The van der Waals surface area contributed by atoms with E-state index in [0.29, 0.717) is 11.3 Å². The summed E-state index contributed by atoms with van der Waals surface area (Å²) in [5, 5.41) is 8.51. The molecule has 1 aromatic heterocycles. The van der Waals surface area contributed by atoms with E-state index in [1.54, 1.807) is 0 Å². The fraction of sp³-hybridized carbons (Fsp3) is 0. The van der Waals surface area contributed by atoms with E-state index in [4.69, 9.17) is 4.42 Å². The molecule has 0 spiro atoms. The molecule has 0 atom stereocenters. The van der Waals surface area contributed by atoms with Gasteiger partial charge in [-0.1, -0.05) is 146 Å². The number of rotatable bonds is 6. The number of benzene rings is 10. The molecule has 0 fully saturated rings. The number of nitrogens with zero attached hydrogens (tertiary/aromatic N) is 1. The highest BCUT2D eigenvalue weighted by Gasteiger charge is 2.19. The smallest absolute Gasteiger partial charge is 0.143 e. The standard InChI is InChI=1S/C54H35NO/c1-3-11-40-33-42(19-17-36(40)9-1)38-21-27-46(28-22-38)55(47-29-23-39(24-30-47)43-20-18-37-10-2-4-12-41(37)34-43)52-15-7-5-13-48(52)44-25-31-49-45(35-44)26-32-51-50-14-6-8-16-53(50)56-54(49)51/h1-35H/i21D,22D,27D,28D. The quantitative estimate of drug-likeness (QED) is 0.170. The number of furan rings is 1. The van der Waals surface area contributed by atoms with Crippen LogP contribution in [-0.2, 0) is 0 Å². The lowest BCUT2D eigenvalue weighted by Crippen LogP contribution is -2.11. The monoisotopic (exact) mass is 717 g/mol. The maximum Gasteiger partial charge on any atom is 0.143 e. The molecule has 1 heterocycles. The highest BCUT2D eigenvalue weighted by molar-refractivity contribution is 6.15. The molecule has 0 saturated carbocycles. The largest absolute Gasteiger partial charge is 0.455 e. The molecule has 0 bridgehead atoms. The van der Waals surface area contributed by atoms with Gasteiger partial charge in [0, 0.05) is 33.1 Å². The molecule has 0 unspecified atom stereocenters. The summed E-state index contributed by atoms with van der Waals surface area (Å²) in [4.78, 5) is 1.89. The van der Waals surface area contributed by atoms with E-state index in [9.17, 15) is 5.48 Å². The molecule has 0 radical (unpaired) electrons. The van der Waals surface area contributed by atoms with Crippen molar-refractivity contribution in [1.82, 2.24) is 0 Å². The Balaban J connectivity index is 1.09. The van der Waals surface area contributed by atoms with Crippen molar-refractivity contribution in [2.45, 2.75) is 0 Å². The van der Waals surface area contributed by atoms with Crippen LogP contribution in [0, 0.1) is 0 Å². The minimum Gasteiger partial charge on any atom is -0.455 e. The molecule has 262 valence electrons. The highest BCUT2D eigenvalue weighted by Crippen LogP contribution is 2.43. The SMILES string of the molecule is [2H]c1c([2H])c(N(c2ccc(-c3ccc4ccccc4c3)cc2)c2ccccc2-c2ccc3c(ccc4c5ccccc5oc34)c2)c([2H])c([2H])c1-c1ccc2ccccc2c1. The maximum atomic E-state index is 9.63. The minimum absolute atomic E-state index is 0.0999. The van der Waals surface area contributed by atoms with E-state index < -0.39 is 0 Å². The van der Waals surface area contributed by atoms with Gasteiger partial charge in [0.05, 0.1) is 11.2 Å². The second-order valence-electron chi connectivity index (χ2n) is 14.2. The van der Waals surface area contributed by atoms with Crippen molar-refractivity contribution >= 4 is 71.3 Å². The summed E-state index contributed by atoms with van der Waals surface area (Å²) < 4.78 is 44.5. The molecule has 10 aromatic carbocycles. The van der Waals surface area contributed by atoms with Crippen LogP contribution in [0.15, 0.2) is 217 Å². The van der Waals surface area contributed by atoms with Crippen molar-refractivity contribution in [1.29, 1.82) is 0 Å². The molecule has 2 nitrogen and oxygen atoms in total. The molecule has 0 aliphatic rings. The van der Waals surface area contributed by atoms with E-state index in [1.165, 1.54) is 5.39 Å². The summed E-state index contributed by atoms with van der Waals surface area (Å²) in [5.41, 5.74) is 8.11. The molecule has 0 aliphatic heterocycles. The normalized spacial score (nSPS) is 12.6. The molecule has 11 aromatic rings. The lowest BCUT2D eigenvalue weighted by atomic mass is 9.97. The first-order chi connectivity index (χ1) is 29.4. The second kappa shape index (κ2) is 13.2. The minimum atomic E-state index is -0.127. The first kappa shape index (κ1) is 28.1. The third-order valence-corrected chi connectivity index (χ3v) is 10.9. The predicted molar refractivity (Wildman–Crippen MR) is 237 cm³/mol. The van der Waals surface area contributed by atoms with Gasteiger partial charge in [-0.25, -0.2) is 0 Å². The summed E-state index contributed by atoms with van der Waals surface area (Å²) in [6, 6.07) is 62.8. The van der Waals surface area contributed by atoms with Gasteiger partial charge in [0.15, 0.2) is 0 Å². The zero-order valence-corrected chi connectivity index (χ0v) is 30.3. The molecule has 0 N–H and O–H groups in total. The Kier molecular flexibility index (Phi) is 6.60. The van der Waals surface area contributed by atoms with Crippen LogP contribution in [-0.4, -0.2) is 0 Å². The number of para-hydroxylation sites is 2. The maximum absolute atomic E-state index is 9.63. The van der Waals surface area contributed by atoms with Crippen LogP contribution in [0.2, 0.25) is 0 Å². The van der Waals surface area contributed by atoms with Crippen LogP contribution in [0.3, 0.4) is 0 Å². The predicted octanol–water partition coefficient (Wildman–Crippen LogP) is 15.5. The van der Waals surface area contributed by atoms with Crippen molar-refractivity contribution in [3.05, 3.63) is 212 Å². The van der Waals surface area contributed by atoms with E-state index in [1.807, 2.05) is 114 Å². The number of hydrogen-bond donors (Lipinski definition) is 0. The van der Waals surface area contributed by atoms with Crippen LogP contribution in [0.4, 0.5) is 17.1 Å². The van der Waals surface area contributed by atoms with Crippen molar-refractivity contribution < 1.29 is 9.90 Å². The molecular formula is C54H35NO. The van der Waals surface area contributed by atoms with E-state index in [-0.39, 0.29) is 35.4 Å². The van der Waals surface area contributed by atoms with Crippen LogP contribution < -0.4 is 4.90 Å². The Labute approximate surface area is 330 Å². The van der Waals surface area contributed by atoms with Gasteiger partial charge < -0.3 is 9.32 Å². The average Bonchev–Trinajstić information content (AvgIpc) is 3.69. The Morgan fingerprint density at radius 3 is 1.66 bits per heavy atom. The van der Waals surface area contributed by atoms with Gasteiger partial charge in [-0.2, -0.15) is 0 Å². The van der Waals surface area contributed by atoms with Gasteiger partial charge in [-0.15, -0.1) is 0 Å². The Bertz CT molecular complexity index is 3470. The van der Waals surface area contributed by atoms with Crippen molar-refractivity contribution in [3.63, 3.8) is 0 Å². The summed E-state index contributed by atoms with van der Waals surface area (Å²) in [5.74, 6) is 0. The summed E-state index contributed by atoms with van der Waals surface area (Å²) in [6.45, 7) is 0. The third-order valence-electron chi connectivity index (χ3n) is 10.9. The van der Waals surface area contributed by atoms with Crippen LogP contribution in [0.25, 0.3) is 87.6 Å². The Hall–Kier alpha value is -7.42. The van der Waals surface area contributed by atoms with Crippen LogP contribution in [0.5, 0.6) is 0 Å². The molecular weight excluding hydrogens is 679 g/mol. The third kappa shape index (κ3) is 5.51. The average molecular weight is 718 g/mol. The number of hydrogen-bond acceptors (Lipinski definition) is 2. The first-order valence-electron chi connectivity index (χ1n) is 20.8. The van der Waals surface area contributed by atoms with Gasteiger partial charge >= 0.3 is 0 Å². The lowest BCUT2D eigenvalue weighted by Gasteiger charge is -2.28. The van der Waals surface area contributed by atoms with Crippen LogP contribution >= 0.6 is 0 Å². The van der Waals surface area contributed by atoms with Crippen molar-refractivity contribution in [2.24, 2.45) is 0 Å². The fourth-order valence-corrected chi connectivity index (χ4v) is 8.06. The Morgan fingerprint density at radius 2 is 0.911 bits per heavy atom. The van der Waals surface area contributed by atoms with Gasteiger partial charge in [-0.3, -0.25) is 0 Å². The zero-order valence-electron chi connectivity index (χ0n) is 34.3. The molecule has 11 rings (SSSR count). The highest BCUT2D eigenvalue weighted by atomic mass is 16.3. The number of anilines is 3. The molecule has 56 heavy (non-hydrogen) atoms. The fourth-order valence-electron chi connectivity index (χ4n) is 8.06. The van der Waals surface area contributed by atoms with E-state index >= 15 is 0 Å². The lowest BCUT2D eigenvalue weighted by molar-refractivity contribution is 0.672. The van der Waals surface area contributed by atoms with Crippen molar-refractivity contribution in [2.75, 3.05) is 4.90 Å². The summed E-state index contributed by atoms with van der Waals surface area (Å²) in [7, 11) is 0. The van der Waals surface area contributed by atoms with E-state index in [2.05, 4.69) is 78.9 Å². The Morgan fingerprint density at radius 1 is 0.357 bits per heavy atom. The molecule has 0 amide bonds. The van der Waals surface area contributed by atoms with Gasteiger partial charge in [-0.05, 0) is 121 Å². The van der Waals surface area contributed by atoms with Crippen LogP contribution in [0.1, 0.15) is 5.48 Å². The zero-order chi connectivity index (χ0) is 40.5. The summed E-state index contributed by atoms with van der Waals surface area (Å²) in [6.07, 6.45) is 0. The van der Waals surface area contributed by atoms with Crippen molar-refractivity contribution in [3.8, 4) is 33.4 Å². The van der Waals surface area contributed by atoms with E-state index in [0.717, 1.165) is 76.8 Å². The molecule has 2 heteroatoms. The van der Waals surface area contributed by atoms with Gasteiger partial charge in [0.1, 0.15) is 11.2 Å². The number of fused-ring (bicyclic) bond motifs is 7. The second-order valence-corrected chi connectivity index (χ2v) is 14.2. The first-order valence-corrected chi connectivity index (χ1v) is 18.8. The molecule has 0 saturated heterocycles. The van der Waals surface area contributed by atoms with Gasteiger partial charge in [0.2, 0.25) is 0 Å². The molecule has 0 aliphatic carbocycles. The van der Waals surface area contributed by atoms with Gasteiger partial charge in [0.25, 0.3) is 0 Å². The summed E-state index contributed by atoms with van der Waals surface area (Å²) >= 11 is 0. The topological polar surface area (TPSA) is 16.4 Å².